The van der Waals surface area contributed by atoms with Crippen LogP contribution in [-0.4, -0.2) is 31.3 Å². The molecular formula is C14H30NNaO3S. The molecule has 116 valence electrons. The van der Waals surface area contributed by atoms with E-state index in [2.05, 4.69) is 5.32 Å². The largest absolute Gasteiger partial charge is 1.00 e. The maximum atomic E-state index is 11.1. The van der Waals surface area contributed by atoms with Crippen LogP contribution in [0.25, 0.3) is 0 Å². The van der Waals surface area contributed by atoms with Gasteiger partial charge in [-0.25, -0.2) is 0 Å². The molecule has 1 aliphatic carbocycles. The number of hydrogen-bond acceptors (Lipinski definition) is 3. The van der Waals surface area contributed by atoms with Gasteiger partial charge in [0.15, 0.2) is 0 Å². The molecule has 0 aromatic rings. The van der Waals surface area contributed by atoms with Crippen LogP contribution in [0.4, 0.5) is 0 Å². The van der Waals surface area contributed by atoms with Crippen molar-refractivity contribution in [3.63, 3.8) is 0 Å². The molecule has 0 spiro atoms. The number of nitrogens with one attached hydrogen (secondary N) is 1. The predicted molar refractivity (Wildman–Crippen MR) is 80.0 cm³/mol. The summed E-state index contributed by atoms with van der Waals surface area (Å²) in [7, 11) is -3.89. The van der Waals surface area contributed by atoms with E-state index in [1.807, 2.05) is 20.8 Å². The second-order valence-corrected chi connectivity index (χ2v) is 8.39. The monoisotopic (exact) mass is 315 g/mol. The first-order chi connectivity index (χ1) is 8.68. The molecule has 20 heavy (non-hydrogen) atoms. The van der Waals surface area contributed by atoms with Crippen LogP contribution in [0, 0.1) is 11.3 Å². The molecule has 4 nitrogen and oxygen atoms in total. The molecule has 1 rings (SSSR count). The van der Waals surface area contributed by atoms with Crippen LogP contribution in [0.3, 0.4) is 0 Å². The summed E-state index contributed by atoms with van der Waals surface area (Å²) in [6, 6.07) is 0.597. The summed E-state index contributed by atoms with van der Waals surface area (Å²) < 4.78 is 31.2. The summed E-state index contributed by atoms with van der Waals surface area (Å²) >= 11 is 0. The maximum Gasteiger partial charge on any atom is 1.00 e. The Kier molecular flexibility index (Phi) is 9.51. The second kappa shape index (κ2) is 9.11. The molecule has 1 unspecified atom stereocenters. The fourth-order valence-corrected chi connectivity index (χ4v) is 3.96. The Balaban J connectivity index is 0. The second-order valence-electron chi connectivity index (χ2n) is 6.89. The first kappa shape index (κ1) is 20.9. The average Bonchev–Trinajstić information content (AvgIpc) is 2.26. The van der Waals surface area contributed by atoms with Crippen LogP contribution in [0.2, 0.25) is 0 Å². The van der Waals surface area contributed by atoms with Gasteiger partial charge in [-0.3, -0.25) is 4.55 Å². The van der Waals surface area contributed by atoms with Crippen molar-refractivity contribution in [3.05, 3.63) is 0 Å². The summed E-state index contributed by atoms with van der Waals surface area (Å²) in [4.78, 5) is 0. The molecule has 1 saturated carbocycles. The zero-order chi connectivity index (χ0) is 14.5. The van der Waals surface area contributed by atoms with Gasteiger partial charge < -0.3 is 6.74 Å². The van der Waals surface area contributed by atoms with E-state index < -0.39 is 10.1 Å². The fraction of sp³-hybridized carbons (Fsp3) is 1.00. The quantitative estimate of drug-likeness (QED) is 0.533. The molecule has 6 heteroatoms. The fourth-order valence-electron chi connectivity index (χ4n) is 2.79. The molecule has 1 fully saturated rings. The molecule has 1 aliphatic rings. The van der Waals surface area contributed by atoms with Crippen LogP contribution < -0.4 is 34.9 Å². The smallest absolute Gasteiger partial charge is 1.00 e. The summed E-state index contributed by atoms with van der Waals surface area (Å²) in [6.07, 6.45) is 7.19. The van der Waals surface area contributed by atoms with Crippen molar-refractivity contribution in [1.29, 1.82) is 0 Å². The van der Waals surface area contributed by atoms with Crippen molar-refractivity contribution < 1.29 is 44.0 Å². The Bertz CT molecular complexity index is 365. The molecule has 0 saturated heterocycles. The zero-order valence-corrected chi connectivity index (χ0v) is 16.3. The summed E-state index contributed by atoms with van der Waals surface area (Å²) in [5.74, 6) is -0.151. The van der Waals surface area contributed by atoms with Crippen LogP contribution in [0.15, 0.2) is 0 Å². The molecule has 0 aliphatic heterocycles. The van der Waals surface area contributed by atoms with Gasteiger partial charge in [-0.2, -0.15) is 8.42 Å². The molecular weight excluding hydrogens is 285 g/mol. The van der Waals surface area contributed by atoms with E-state index in [9.17, 15) is 8.42 Å². The van der Waals surface area contributed by atoms with E-state index in [0.29, 0.717) is 6.04 Å². The Morgan fingerprint density at radius 2 is 1.80 bits per heavy atom. The van der Waals surface area contributed by atoms with E-state index in [1.54, 1.807) is 0 Å². The van der Waals surface area contributed by atoms with Crippen molar-refractivity contribution in [2.75, 3.05) is 12.3 Å². The molecule has 0 radical (unpaired) electrons. The summed E-state index contributed by atoms with van der Waals surface area (Å²) in [5.41, 5.74) is -0.107. The van der Waals surface area contributed by atoms with Crippen molar-refractivity contribution in [3.8, 4) is 0 Å². The number of hydrogen-bond donors (Lipinski definition) is 2. The third-order valence-corrected chi connectivity index (χ3v) is 4.99. The van der Waals surface area contributed by atoms with Gasteiger partial charge in [0, 0.05) is 6.04 Å². The Labute approximate surface area is 148 Å². The minimum atomic E-state index is -3.89. The maximum absolute atomic E-state index is 11.1. The summed E-state index contributed by atoms with van der Waals surface area (Å²) in [6.45, 7) is 6.93. The van der Waals surface area contributed by atoms with Gasteiger partial charge in [-0.05, 0) is 37.1 Å². The van der Waals surface area contributed by atoms with Gasteiger partial charge in [0.2, 0.25) is 0 Å². The van der Waals surface area contributed by atoms with Gasteiger partial charge in [0.1, 0.15) is 0 Å². The topological polar surface area (TPSA) is 66.4 Å². The van der Waals surface area contributed by atoms with E-state index in [4.69, 9.17) is 4.55 Å². The Morgan fingerprint density at radius 1 is 1.25 bits per heavy atom. The molecule has 2 N–H and O–H groups in total. The molecule has 0 aromatic heterocycles. The summed E-state index contributed by atoms with van der Waals surface area (Å²) in [5, 5.41) is 3.53. The molecule has 0 amide bonds. The Hall–Kier alpha value is 0.870. The van der Waals surface area contributed by atoms with Crippen molar-refractivity contribution in [2.24, 2.45) is 11.3 Å². The first-order valence-electron chi connectivity index (χ1n) is 7.37. The van der Waals surface area contributed by atoms with E-state index in [0.717, 1.165) is 13.0 Å². The van der Waals surface area contributed by atoms with Gasteiger partial charge in [0.05, 0.1) is 5.75 Å². The Morgan fingerprint density at radius 3 is 2.25 bits per heavy atom. The minimum Gasteiger partial charge on any atom is -1.00 e. The normalized spacial score (nSPS) is 19.4. The van der Waals surface area contributed by atoms with Gasteiger partial charge in [-0.1, -0.05) is 40.0 Å². The van der Waals surface area contributed by atoms with Crippen molar-refractivity contribution in [1.82, 2.24) is 5.32 Å². The third kappa shape index (κ3) is 9.00. The number of rotatable bonds is 6. The average molecular weight is 315 g/mol. The van der Waals surface area contributed by atoms with E-state index >= 15 is 0 Å². The molecule has 0 bridgehead atoms. The third-order valence-electron chi connectivity index (χ3n) is 4.17. The zero-order valence-electron chi connectivity index (χ0n) is 14.5. The van der Waals surface area contributed by atoms with Crippen molar-refractivity contribution >= 4 is 10.1 Å². The van der Waals surface area contributed by atoms with Gasteiger partial charge in [0.25, 0.3) is 10.1 Å². The van der Waals surface area contributed by atoms with Crippen LogP contribution >= 0.6 is 0 Å². The molecule has 0 aromatic carbocycles. The SMILES string of the molecule is CC(C)(C)C(CCNC1CCCCC1)CS(=O)(=O)O.[H-].[Na+]. The first-order valence-corrected chi connectivity index (χ1v) is 8.98. The van der Waals surface area contributed by atoms with Crippen LogP contribution in [0.5, 0.6) is 0 Å². The predicted octanol–water partition coefficient (Wildman–Crippen LogP) is -0.0346. The van der Waals surface area contributed by atoms with Gasteiger partial charge in [-0.15, -0.1) is 0 Å². The van der Waals surface area contributed by atoms with Crippen LogP contribution in [-0.2, 0) is 10.1 Å². The van der Waals surface area contributed by atoms with E-state index in [1.165, 1.54) is 32.1 Å². The molecule has 1 atom stereocenters. The van der Waals surface area contributed by atoms with Gasteiger partial charge >= 0.3 is 29.6 Å². The van der Waals surface area contributed by atoms with E-state index in [-0.39, 0.29) is 48.1 Å². The van der Waals surface area contributed by atoms with Crippen molar-refractivity contribution in [2.45, 2.75) is 65.3 Å². The van der Waals surface area contributed by atoms with Crippen LogP contribution in [0.1, 0.15) is 60.7 Å². The minimum absolute atomic E-state index is 0. The standard InChI is InChI=1S/C14H29NO3S.Na.H/c1-14(2,3)12(11-19(16,17)18)9-10-15-13-7-5-4-6-8-13;;/h12-13,15H,4-11H2,1-3H3,(H,16,17,18);;/q;+1;-1. The molecule has 0 heterocycles.